The van der Waals surface area contributed by atoms with Crippen LogP contribution in [0.4, 0.5) is 0 Å². The van der Waals surface area contributed by atoms with E-state index in [1.165, 1.54) is 18.9 Å². The molecular formula is C25H25Cl2N4O5PS. The van der Waals surface area contributed by atoms with E-state index in [1.54, 1.807) is 55.9 Å². The largest absolute Gasteiger partial charge is 0.486 e. The number of halogens is 2. The molecule has 0 aliphatic heterocycles. The van der Waals surface area contributed by atoms with Crippen molar-refractivity contribution in [2.45, 2.75) is 5.16 Å². The lowest BCUT2D eigenvalue weighted by molar-refractivity contribution is 0.0511. The second-order valence-electron chi connectivity index (χ2n) is 8.56. The van der Waals surface area contributed by atoms with E-state index in [0.717, 1.165) is 4.73 Å². The first-order valence-corrected chi connectivity index (χ1v) is 16.0. The molecule has 0 aliphatic rings. The Morgan fingerprint density at radius 1 is 1.05 bits per heavy atom. The van der Waals surface area contributed by atoms with E-state index in [9.17, 15) is 9.77 Å². The molecule has 0 fully saturated rings. The van der Waals surface area contributed by atoms with E-state index in [0.29, 0.717) is 39.3 Å². The highest BCUT2D eigenvalue weighted by Crippen LogP contribution is 2.43. The molecule has 0 radical (unpaired) electrons. The first-order chi connectivity index (χ1) is 18.1. The summed E-state index contributed by atoms with van der Waals surface area (Å²) in [5.41, 5.74) is 2.12. The molecule has 0 bridgehead atoms. The Morgan fingerprint density at radius 3 is 2.45 bits per heavy atom. The lowest BCUT2D eigenvalue weighted by Crippen LogP contribution is -2.01. The van der Waals surface area contributed by atoms with Crippen molar-refractivity contribution >= 4 is 42.1 Å². The molecule has 0 amide bonds. The van der Waals surface area contributed by atoms with Crippen molar-refractivity contribution in [2.24, 2.45) is 0 Å². The summed E-state index contributed by atoms with van der Waals surface area (Å²) in [6.45, 7) is 3.33. The Balaban J connectivity index is 1.88. The van der Waals surface area contributed by atoms with E-state index >= 15 is 0 Å². The molecule has 4 rings (SSSR count). The highest BCUT2D eigenvalue weighted by atomic mass is 35.5. The molecule has 38 heavy (non-hydrogen) atoms. The van der Waals surface area contributed by atoms with Gasteiger partial charge in [-0.3, -0.25) is 0 Å². The summed E-state index contributed by atoms with van der Waals surface area (Å²) in [6.07, 6.45) is 3.50. The van der Waals surface area contributed by atoms with Gasteiger partial charge in [0.25, 0.3) is 0 Å². The van der Waals surface area contributed by atoms with Crippen LogP contribution in [0.15, 0.2) is 53.8 Å². The number of imidazole rings is 1. The quantitative estimate of drug-likeness (QED) is 0.0690. The molecule has 1 N–H and O–H groups in total. The van der Waals surface area contributed by atoms with Crippen LogP contribution in [-0.2, 0) is 9.30 Å². The predicted molar refractivity (Wildman–Crippen MR) is 151 cm³/mol. The molecular weight excluding hydrogens is 570 g/mol. The van der Waals surface area contributed by atoms with Crippen LogP contribution in [-0.4, -0.2) is 64.7 Å². The molecule has 13 heteroatoms. The van der Waals surface area contributed by atoms with Gasteiger partial charge in [0, 0.05) is 18.9 Å². The van der Waals surface area contributed by atoms with Crippen LogP contribution in [0.3, 0.4) is 0 Å². The fourth-order valence-electron chi connectivity index (χ4n) is 3.51. The van der Waals surface area contributed by atoms with Gasteiger partial charge in [-0.2, -0.15) is 4.73 Å². The Kier molecular flexibility index (Phi) is 8.90. The third kappa shape index (κ3) is 6.45. The van der Waals surface area contributed by atoms with Gasteiger partial charge >= 0.3 is 0 Å². The SMILES string of the molecule is COCOc1cccc(-c2nc(-c3c(Cl)cc(OCP(C)(C)=O)cc3Cl)n(O)c2-c2ccnc(SC)n2)c1. The molecule has 4 aromatic rings. The molecule has 0 unspecified atom stereocenters. The maximum absolute atomic E-state index is 12.1. The topological polar surface area (TPSA) is 109 Å². The highest BCUT2D eigenvalue weighted by Gasteiger charge is 2.26. The monoisotopic (exact) mass is 594 g/mol. The predicted octanol–water partition coefficient (Wildman–Crippen LogP) is 6.88. The number of benzene rings is 2. The second kappa shape index (κ2) is 12.0. The van der Waals surface area contributed by atoms with Crippen LogP contribution in [0, 0.1) is 0 Å². The number of thioether (sulfide) groups is 1. The molecule has 9 nitrogen and oxygen atoms in total. The summed E-state index contributed by atoms with van der Waals surface area (Å²) >= 11 is 14.6. The average Bonchev–Trinajstić information content (AvgIpc) is 3.22. The second-order valence-corrected chi connectivity index (χ2v) is 13.6. The first-order valence-electron chi connectivity index (χ1n) is 11.2. The van der Waals surface area contributed by atoms with Crippen molar-refractivity contribution in [2.75, 3.05) is 39.8 Å². The number of rotatable bonds is 10. The van der Waals surface area contributed by atoms with Gasteiger partial charge in [0.2, 0.25) is 0 Å². The van der Waals surface area contributed by atoms with Crippen molar-refractivity contribution in [3.8, 4) is 45.5 Å². The number of hydrogen-bond donors (Lipinski definition) is 1. The Hall–Kier alpha value is -2.75. The maximum atomic E-state index is 12.1. The standard InChI is InChI=1S/C25H25Cl2N4O5PS/c1-34-13-35-16-7-5-6-15(10-16)22-23(20-8-9-28-25(29-20)38-4)31(32)24(30-22)21-18(26)11-17(12-19(21)27)36-14-37(2,3)33/h5-12,32H,13-14H2,1-4H3. The molecule has 0 aliphatic carbocycles. The van der Waals surface area contributed by atoms with E-state index < -0.39 is 7.14 Å². The number of hydrogen-bond acceptors (Lipinski definition) is 9. The van der Waals surface area contributed by atoms with Crippen molar-refractivity contribution in [3.05, 3.63) is 58.7 Å². The van der Waals surface area contributed by atoms with Crippen LogP contribution in [0.2, 0.25) is 10.0 Å². The van der Waals surface area contributed by atoms with Crippen molar-refractivity contribution in [1.82, 2.24) is 19.7 Å². The van der Waals surface area contributed by atoms with Crippen molar-refractivity contribution in [1.29, 1.82) is 0 Å². The Labute approximate surface area is 234 Å². The smallest absolute Gasteiger partial charge is 0.188 e. The Morgan fingerprint density at radius 2 is 1.79 bits per heavy atom. The van der Waals surface area contributed by atoms with Gasteiger partial charge in [-0.05, 0) is 49.9 Å². The van der Waals surface area contributed by atoms with Gasteiger partial charge in [0.05, 0.1) is 21.3 Å². The maximum Gasteiger partial charge on any atom is 0.188 e. The van der Waals surface area contributed by atoms with E-state index in [4.69, 9.17) is 42.4 Å². The Bertz CT molecular complexity index is 1490. The van der Waals surface area contributed by atoms with Gasteiger partial charge in [0.1, 0.15) is 36.4 Å². The number of methoxy groups -OCH3 is 1. The lowest BCUT2D eigenvalue weighted by atomic mass is 10.1. The van der Waals surface area contributed by atoms with Crippen LogP contribution < -0.4 is 9.47 Å². The summed E-state index contributed by atoms with van der Waals surface area (Å²) in [6, 6.07) is 12.0. The van der Waals surface area contributed by atoms with Crippen LogP contribution in [0.5, 0.6) is 11.5 Å². The fourth-order valence-corrected chi connectivity index (χ4v) is 4.97. The summed E-state index contributed by atoms with van der Waals surface area (Å²) in [5.74, 6) is 1.01. The van der Waals surface area contributed by atoms with E-state index in [1.807, 2.05) is 12.3 Å². The molecule has 0 saturated carbocycles. The van der Waals surface area contributed by atoms with Crippen LogP contribution in [0.25, 0.3) is 34.0 Å². The molecule has 200 valence electrons. The van der Waals surface area contributed by atoms with Gasteiger partial charge in [-0.15, -0.1) is 0 Å². The van der Waals surface area contributed by atoms with Crippen LogP contribution in [0.1, 0.15) is 0 Å². The zero-order chi connectivity index (χ0) is 27.4. The van der Waals surface area contributed by atoms with E-state index in [2.05, 4.69) is 9.97 Å². The first kappa shape index (κ1) is 28.3. The molecule has 2 heterocycles. The van der Waals surface area contributed by atoms with E-state index in [-0.39, 0.29) is 34.6 Å². The summed E-state index contributed by atoms with van der Waals surface area (Å²) in [5, 5.41) is 12.3. The third-order valence-electron chi connectivity index (χ3n) is 5.15. The van der Waals surface area contributed by atoms with Gasteiger partial charge in [-0.1, -0.05) is 47.1 Å². The number of ether oxygens (including phenoxy) is 3. The van der Waals surface area contributed by atoms with Gasteiger partial charge in [-0.25, -0.2) is 15.0 Å². The molecule has 2 aromatic heterocycles. The van der Waals surface area contributed by atoms with Gasteiger partial charge in [0.15, 0.2) is 17.8 Å². The van der Waals surface area contributed by atoms with Crippen molar-refractivity contribution in [3.63, 3.8) is 0 Å². The van der Waals surface area contributed by atoms with Gasteiger partial charge < -0.3 is 24.0 Å². The minimum Gasteiger partial charge on any atom is -0.486 e. The summed E-state index contributed by atoms with van der Waals surface area (Å²) in [4.78, 5) is 13.5. The van der Waals surface area contributed by atoms with Crippen LogP contribution >= 0.6 is 42.1 Å². The molecule has 0 atom stereocenters. The summed E-state index contributed by atoms with van der Waals surface area (Å²) < 4.78 is 29.2. The summed E-state index contributed by atoms with van der Waals surface area (Å²) in [7, 11) is -0.891. The molecule has 0 spiro atoms. The lowest BCUT2D eigenvalue weighted by Gasteiger charge is -2.13. The zero-order valence-corrected chi connectivity index (χ0v) is 24.2. The minimum absolute atomic E-state index is 0.0366. The number of aromatic nitrogens is 4. The third-order valence-corrected chi connectivity index (χ3v) is 7.05. The highest BCUT2D eigenvalue weighted by molar-refractivity contribution is 7.98. The fraction of sp³-hybridized carbons (Fsp3) is 0.240. The molecule has 0 saturated heterocycles. The normalized spacial score (nSPS) is 11.5. The minimum atomic E-state index is -2.43. The zero-order valence-electron chi connectivity index (χ0n) is 21.0. The van der Waals surface area contributed by atoms with Crippen molar-refractivity contribution < 1.29 is 24.0 Å². The number of nitrogens with zero attached hydrogens (tertiary/aromatic N) is 4. The molecule has 2 aromatic carbocycles. The average molecular weight is 595 g/mol.